The van der Waals surface area contributed by atoms with E-state index in [2.05, 4.69) is 36.4 Å². The third-order valence-corrected chi connectivity index (χ3v) is 8.62. The molecule has 0 spiro atoms. The standard InChI is InChI=1S/C34H51ClN6O7/c1-21(36)38-16-7-8-23(31(37)46)19-28(42)26(18-22-10-12-24(13-11-22)34(2,3)4)40-32(47)27-9-5-6-17-41(27)33(48)25(14-15-30(44)45)39-29(43)20-35/h10-13,23,25-27H,5-9,14-20H2,1-4H3,(H2,36,38)(H2,37,46)(H,39,43)(H,40,47)(H,44,45)/t23-,25+,26+,27+/m1/s1. The highest BCUT2D eigenvalue weighted by Gasteiger charge is 2.38. The summed E-state index contributed by atoms with van der Waals surface area (Å²) in [5.41, 5.74) is 13.1. The molecule has 7 N–H and O–H groups in total. The number of hydrogen-bond acceptors (Lipinski definition) is 7. The van der Waals surface area contributed by atoms with E-state index in [1.165, 1.54) is 4.90 Å². The number of nitrogens with two attached hydrogens (primary N) is 2. The molecule has 1 aromatic rings. The van der Waals surface area contributed by atoms with E-state index < -0.39 is 59.5 Å². The van der Waals surface area contributed by atoms with Crippen LogP contribution < -0.4 is 22.1 Å². The molecule has 0 bridgehead atoms. The van der Waals surface area contributed by atoms with Crippen molar-refractivity contribution in [2.45, 2.75) is 109 Å². The van der Waals surface area contributed by atoms with E-state index in [0.717, 1.165) is 11.1 Å². The lowest BCUT2D eigenvalue weighted by molar-refractivity contribution is -0.146. The number of benzene rings is 1. The molecule has 266 valence electrons. The molecule has 0 radical (unpaired) electrons. The Bertz CT molecular complexity index is 1320. The van der Waals surface area contributed by atoms with Gasteiger partial charge in [-0.15, -0.1) is 11.6 Å². The van der Waals surface area contributed by atoms with Crippen molar-refractivity contribution in [3.8, 4) is 0 Å². The van der Waals surface area contributed by atoms with Crippen LogP contribution in [0, 0.1) is 5.92 Å². The zero-order valence-corrected chi connectivity index (χ0v) is 29.2. The minimum atomic E-state index is -1.19. The lowest BCUT2D eigenvalue weighted by atomic mass is 9.86. The quantitative estimate of drug-likeness (QED) is 0.0665. The molecule has 13 nitrogen and oxygen atoms in total. The first-order chi connectivity index (χ1) is 22.5. The second-order valence-electron chi connectivity index (χ2n) is 13.4. The number of carbonyl (C=O) groups excluding carboxylic acids is 5. The number of halogens is 1. The van der Waals surface area contributed by atoms with Crippen molar-refractivity contribution in [2.24, 2.45) is 22.4 Å². The lowest BCUT2D eigenvalue weighted by Crippen LogP contribution is -2.59. The maximum absolute atomic E-state index is 13.9. The summed E-state index contributed by atoms with van der Waals surface area (Å²) in [5.74, 6) is -4.75. The van der Waals surface area contributed by atoms with Gasteiger partial charge >= 0.3 is 5.97 Å². The second kappa shape index (κ2) is 19.1. The van der Waals surface area contributed by atoms with Gasteiger partial charge in [0.2, 0.25) is 23.6 Å². The Balaban J connectivity index is 2.35. The highest BCUT2D eigenvalue weighted by molar-refractivity contribution is 6.27. The fourth-order valence-corrected chi connectivity index (χ4v) is 5.72. The molecule has 1 aromatic carbocycles. The lowest BCUT2D eigenvalue weighted by Gasteiger charge is -2.37. The third kappa shape index (κ3) is 13.2. The van der Waals surface area contributed by atoms with E-state index in [0.29, 0.717) is 44.5 Å². The normalized spacial score (nSPS) is 17.1. The number of rotatable bonds is 18. The number of likely N-dealkylation sites (tertiary alicyclic amines) is 1. The average Bonchev–Trinajstić information content (AvgIpc) is 3.02. The van der Waals surface area contributed by atoms with Crippen LogP contribution in [-0.2, 0) is 40.6 Å². The first kappa shape index (κ1) is 40.2. The van der Waals surface area contributed by atoms with E-state index in [-0.39, 0.29) is 43.4 Å². The van der Waals surface area contributed by atoms with Crippen LogP contribution in [0.25, 0.3) is 0 Å². The first-order valence-corrected chi connectivity index (χ1v) is 16.9. The second-order valence-corrected chi connectivity index (χ2v) is 13.6. The Hall–Kier alpha value is -4.00. The highest BCUT2D eigenvalue weighted by Crippen LogP contribution is 2.24. The molecule has 4 atom stereocenters. The third-order valence-electron chi connectivity index (χ3n) is 8.38. The maximum Gasteiger partial charge on any atom is 0.303 e. The van der Waals surface area contributed by atoms with Gasteiger partial charge in [0.15, 0.2) is 5.78 Å². The number of carbonyl (C=O) groups is 6. The molecule has 1 saturated heterocycles. The number of carboxylic acid groups (broad SMARTS) is 1. The minimum Gasteiger partial charge on any atom is -0.481 e. The van der Waals surface area contributed by atoms with Crippen LogP contribution in [0.3, 0.4) is 0 Å². The van der Waals surface area contributed by atoms with Crippen LogP contribution in [0.5, 0.6) is 0 Å². The number of nitrogens with zero attached hydrogens (tertiary/aromatic N) is 2. The average molecular weight is 691 g/mol. The molecule has 0 aromatic heterocycles. The molecular formula is C34H51ClN6O7. The number of amides is 4. The zero-order valence-electron chi connectivity index (χ0n) is 28.4. The number of piperidine rings is 1. The van der Waals surface area contributed by atoms with Gasteiger partial charge in [0, 0.05) is 31.8 Å². The van der Waals surface area contributed by atoms with Crippen LogP contribution in [0.15, 0.2) is 29.3 Å². The Morgan fingerprint density at radius 3 is 2.25 bits per heavy atom. The van der Waals surface area contributed by atoms with E-state index in [1.54, 1.807) is 6.92 Å². The molecule has 1 aliphatic heterocycles. The fraction of sp³-hybridized carbons (Fsp3) is 0.618. The Labute approximate surface area is 287 Å². The van der Waals surface area contributed by atoms with Crippen molar-refractivity contribution in [2.75, 3.05) is 19.0 Å². The fourth-order valence-electron chi connectivity index (χ4n) is 5.64. The van der Waals surface area contributed by atoms with Gasteiger partial charge in [-0.25, -0.2) is 0 Å². The summed E-state index contributed by atoms with van der Waals surface area (Å²) in [7, 11) is 0. The summed E-state index contributed by atoms with van der Waals surface area (Å²) in [6.07, 6.45) is 1.73. The van der Waals surface area contributed by atoms with Gasteiger partial charge < -0.3 is 32.1 Å². The van der Waals surface area contributed by atoms with E-state index in [9.17, 15) is 33.9 Å². The van der Waals surface area contributed by atoms with Crippen molar-refractivity contribution in [1.29, 1.82) is 0 Å². The van der Waals surface area contributed by atoms with Gasteiger partial charge in [-0.1, -0.05) is 45.0 Å². The number of amidine groups is 1. The summed E-state index contributed by atoms with van der Waals surface area (Å²) in [6, 6.07) is 4.56. The van der Waals surface area contributed by atoms with Crippen LogP contribution in [0.2, 0.25) is 0 Å². The number of primary amides is 1. The van der Waals surface area contributed by atoms with Crippen LogP contribution in [0.1, 0.15) is 90.2 Å². The number of Topliss-reactive ketones (excluding diaryl/α,β-unsaturated/α-hetero) is 1. The monoisotopic (exact) mass is 690 g/mol. The summed E-state index contributed by atoms with van der Waals surface area (Å²) in [4.78, 5) is 82.4. The molecule has 14 heteroatoms. The first-order valence-electron chi connectivity index (χ1n) is 16.4. The number of ketones is 1. The number of aliphatic imine (C=N–C) groups is 1. The molecule has 1 aliphatic rings. The Kier molecular flexibility index (Phi) is 16.0. The summed E-state index contributed by atoms with van der Waals surface area (Å²) in [5, 5.41) is 14.5. The maximum atomic E-state index is 13.9. The molecule has 1 heterocycles. The molecule has 0 saturated carbocycles. The van der Waals surface area contributed by atoms with E-state index >= 15 is 0 Å². The van der Waals surface area contributed by atoms with Gasteiger partial charge in [0.25, 0.3) is 0 Å². The molecule has 0 aliphatic carbocycles. The highest BCUT2D eigenvalue weighted by atomic mass is 35.5. The van der Waals surface area contributed by atoms with Gasteiger partial charge in [0.1, 0.15) is 18.0 Å². The summed E-state index contributed by atoms with van der Waals surface area (Å²) in [6.45, 7) is 8.50. The van der Waals surface area contributed by atoms with Crippen molar-refractivity contribution in [1.82, 2.24) is 15.5 Å². The Morgan fingerprint density at radius 1 is 1.02 bits per heavy atom. The number of nitrogens with one attached hydrogen (secondary N) is 2. The van der Waals surface area contributed by atoms with Crippen molar-refractivity contribution in [3.05, 3.63) is 35.4 Å². The number of hydrogen-bond donors (Lipinski definition) is 5. The molecule has 48 heavy (non-hydrogen) atoms. The van der Waals surface area contributed by atoms with Gasteiger partial charge in [0.05, 0.1) is 11.9 Å². The van der Waals surface area contributed by atoms with Crippen LogP contribution in [-0.4, -0.2) is 88.3 Å². The predicted molar refractivity (Wildman–Crippen MR) is 183 cm³/mol. The van der Waals surface area contributed by atoms with E-state index in [4.69, 9.17) is 23.1 Å². The van der Waals surface area contributed by atoms with Crippen molar-refractivity contribution in [3.63, 3.8) is 0 Å². The van der Waals surface area contributed by atoms with Gasteiger partial charge in [-0.3, -0.25) is 33.8 Å². The van der Waals surface area contributed by atoms with E-state index in [1.807, 2.05) is 24.3 Å². The number of alkyl halides is 1. The molecular weight excluding hydrogens is 640 g/mol. The summed E-state index contributed by atoms with van der Waals surface area (Å²) >= 11 is 5.63. The molecule has 4 amide bonds. The van der Waals surface area contributed by atoms with Crippen molar-refractivity contribution < 1.29 is 33.9 Å². The van der Waals surface area contributed by atoms with Crippen LogP contribution >= 0.6 is 11.6 Å². The molecule has 0 unspecified atom stereocenters. The largest absolute Gasteiger partial charge is 0.481 e. The minimum absolute atomic E-state index is 0.0916. The number of aliphatic carboxylic acids is 1. The topological polar surface area (TPSA) is 214 Å². The zero-order chi connectivity index (χ0) is 36.0. The number of carboxylic acids is 1. The predicted octanol–water partition coefficient (Wildman–Crippen LogP) is 2.20. The van der Waals surface area contributed by atoms with Gasteiger partial charge in [-0.2, -0.15) is 0 Å². The summed E-state index contributed by atoms with van der Waals surface area (Å²) < 4.78 is 0. The smallest absolute Gasteiger partial charge is 0.303 e. The van der Waals surface area contributed by atoms with Crippen LogP contribution in [0.4, 0.5) is 0 Å². The SMILES string of the molecule is CC(N)=NCCC[C@H](CC(=O)[C@H](Cc1ccc(C(C)(C)C)cc1)NC(=O)[C@@H]1CCCCN1C(=O)[C@H](CCC(=O)O)NC(=O)CCl)C(N)=O. The van der Waals surface area contributed by atoms with Crippen molar-refractivity contribution >= 4 is 52.8 Å². The Morgan fingerprint density at radius 2 is 1.69 bits per heavy atom. The van der Waals surface area contributed by atoms with Gasteiger partial charge in [-0.05, 0) is 68.4 Å². The molecule has 1 fully saturated rings. The molecule has 2 rings (SSSR count).